The van der Waals surface area contributed by atoms with Crippen LogP contribution in [-0.2, 0) is 4.79 Å². The molecule has 12 heteroatoms. The molecule has 0 radical (unpaired) electrons. The van der Waals surface area contributed by atoms with Gasteiger partial charge >= 0.3 is 0 Å². The van der Waals surface area contributed by atoms with E-state index in [-0.39, 0.29) is 63.7 Å². The molecule has 1 saturated carbocycles. The van der Waals surface area contributed by atoms with Gasteiger partial charge in [-0.2, -0.15) is 0 Å². The van der Waals surface area contributed by atoms with Gasteiger partial charge in [-0.1, -0.05) is 18.2 Å². The van der Waals surface area contributed by atoms with Gasteiger partial charge in [-0.3, -0.25) is 4.79 Å². The first-order valence-corrected chi connectivity index (χ1v) is 12.7. The van der Waals surface area contributed by atoms with Crippen LogP contribution in [0.15, 0.2) is 37.2 Å². The van der Waals surface area contributed by atoms with Crippen LogP contribution in [0.4, 0.5) is 30.5 Å². The zero-order valence-corrected chi connectivity index (χ0v) is 21.0. The Bertz CT molecular complexity index is 1450. The molecular formula is C26H24ClF3N6O2. The van der Waals surface area contributed by atoms with Gasteiger partial charge in [-0.15, -0.1) is 0 Å². The Morgan fingerprint density at radius 2 is 2.08 bits per heavy atom. The minimum absolute atomic E-state index is 0.00700. The van der Waals surface area contributed by atoms with Crippen molar-refractivity contribution in [3.8, 4) is 5.75 Å². The number of aromatic nitrogens is 3. The first-order valence-electron chi connectivity index (χ1n) is 12.3. The largest absolute Gasteiger partial charge is 0.489 e. The summed E-state index contributed by atoms with van der Waals surface area (Å²) in [6.45, 7) is 4.24. The zero-order valence-electron chi connectivity index (χ0n) is 20.3. The van der Waals surface area contributed by atoms with E-state index in [1.54, 1.807) is 4.90 Å². The predicted molar refractivity (Wildman–Crippen MR) is 137 cm³/mol. The van der Waals surface area contributed by atoms with Gasteiger partial charge in [0, 0.05) is 19.2 Å². The number of halogens is 4. The fraction of sp³-hybridized carbons (Fsp3) is 0.385. The lowest BCUT2D eigenvalue weighted by Crippen LogP contribution is -2.48. The van der Waals surface area contributed by atoms with Gasteiger partial charge in [0.1, 0.15) is 34.9 Å². The summed E-state index contributed by atoms with van der Waals surface area (Å²) in [7, 11) is 0. The summed E-state index contributed by atoms with van der Waals surface area (Å²) in [5, 5.41) is 2.58. The lowest BCUT2D eigenvalue weighted by Gasteiger charge is -2.34. The number of amides is 1. The lowest BCUT2D eigenvalue weighted by molar-refractivity contribution is -0.127. The Kier molecular flexibility index (Phi) is 6.05. The van der Waals surface area contributed by atoms with Crippen LogP contribution < -0.4 is 15.0 Å². The van der Waals surface area contributed by atoms with Crippen LogP contribution in [-0.4, -0.2) is 63.2 Å². The summed E-state index contributed by atoms with van der Waals surface area (Å²) in [5.41, 5.74) is -0.932. The number of ether oxygens (including phenoxy) is 1. The van der Waals surface area contributed by atoms with Gasteiger partial charge in [0.2, 0.25) is 5.91 Å². The molecule has 198 valence electrons. The lowest BCUT2D eigenvalue weighted by atomic mass is 9.83. The van der Waals surface area contributed by atoms with E-state index < -0.39 is 17.3 Å². The summed E-state index contributed by atoms with van der Waals surface area (Å²) in [5.74, 6) is -1.18. The normalized spacial score (nSPS) is 21.5. The van der Waals surface area contributed by atoms with E-state index in [1.165, 1.54) is 30.6 Å². The second-order valence-corrected chi connectivity index (χ2v) is 10.3. The Hall–Kier alpha value is -3.60. The quantitative estimate of drug-likeness (QED) is 0.422. The van der Waals surface area contributed by atoms with Crippen LogP contribution in [0.25, 0.3) is 11.0 Å². The fourth-order valence-corrected chi connectivity index (χ4v) is 5.56. The molecule has 2 atom stereocenters. The molecule has 2 aromatic heterocycles. The zero-order chi connectivity index (χ0) is 26.6. The Morgan fingerprint density at radius 1 is 1.26 bits per heavy atom. The van der Waals surface area contributed by atoms with Crippen molar-refractivity contribution in [3.05, 3.63) is 53.8 Å². The number of alkyl halides is 1. The van der Waals surface area contributed by atoms with E-state index in [0.717, 1.165) is 6.42 Å². The number of carbonyl (C=O) groups excluding carboxylic acids is 1. The molecule has 1 amide bonds. The number of benzene rings is 1. The average molecular weight is 545 g/mol. The van der Waals surface area contributed by atoms with Crippen molar-refractivity contribution in [1.29, 1.82) is 0 Å². The van der Waals surface area contributed by atoms with E-state index in [9.17, 15) is 9.18 Å². The third kappa shape index (κ3) is 4.18. The van der Waals surface area contributed by atoms with Crippen molar-refractivity contribution >= 4 is 45.9 Å². The monoisotopic (exact) mass is 544 g/mol. The van der Waals surface area contributed by atoms with Crippen molar-refractivity contribution in [2.24, 2.45) is 0 Å². The highest BCUT2D eigenvalue weighted by Crippen LogP contribution is 2.40. The first-order chi connectivity index (χ1) is 18.3. The number of likely N-dealkylation sites (tertiary alicyclic amines) is 1. The van der Waals surface area contributed by atoms with E-state index >= 15 is 8.78 Å². The molecule has 3 aromatic rings. The van der Waals surface area contributed by atoms with Crippen LogP contribution in [0.5, 0.6) is 5.75 Å². The topological polar surface area (TPSA) is 83.5 Å². The molecule has 1 aliphatic carbocycles. The minimum Gasteiger partial charge on any atom is -0.489 e. The number of hydrogen-bond acceptors (Lipinski definition) is 7. The molecule has 6 rings (SSSR count). The molecule has 4 heterocycles. The van der Waals surface area contributed by atoms with Crippen molar-refractivity contribution in [2.75, 3.05) is 29.9 Å². The van der Waals surface area contributed by atoms with Gasteiger partial charge in [0.15, 0.2) is 23.3 Å². The van der Waals surface area contributed by atoms with E-state index in [4.69, 9.17) is 16.3 Å². The third-order valence-electron chi connectivity index (χ3n) is 7.55. The van der Waals surface area contributed by atoms with Crippen molar-refractivity contribution in [3.63, 3.8) is 0 Å². The highest BCUT2D eigenvalue weighted by molar-refractivity contribution is 6.32. The molecular weight excluding hydrogens is 521 g/mol. The molecule has 0 unspecified atom stereocenters. The maximum atomic E-state index is 15.1. The number of anilines is 3. The van der Waals surface area contributed by atoms with Crippen molar-refractivity contribution in [2.45, 2.75) is 43.4 Å². The van der Waals surface area contributed by atoms with Crippen LogP contribution in [0.1, 0.15) is 25.7 Å². The first kappa shape index (κ1) is 24.7. The number of hydrogen-bond donors (Lipinski definition) is 1. The summed E-state index contributed by atoms with van der Waals surface area (Å²) in [6, 6.07) is 3.98. The van der Waals surface area contributed by atoms with Crippen LogP contribution in [0.2, 0.25) is 5.02 Å². The molecule has 8 nitrogen and oxygen atoms in total. The van der Waals surface area contributed by atoms with Crippen LogP contribution in [0.3, 0.4) is 0 Å². The molecule has 3 aliphatic rings. The number of nitrogens with one attached hydrogen (secondary N) is 1. The van der Waals surface area contributed by atoms with Gasteiger partial charge in [0.25, 0.3) is 0 Å². The number of rotatable bonds is 7. The smallest absolute Gasteiger partial charge is 0.246 e. The van der Waals surface area contributed by atoms with Crippen LogP contribution >= 0.6 is 11.6 Å². The molecule has 2 bridgehead atoms. The number of pyridine rings is 1. The summed E-state index contributed by atoms with van der Waals surface area (Å²) >= 11 is 6.18. The molecule has 2 saturated heterocycles. The third-order valence-corrected chi connectivity index (χ3v) is 7.90. The molecule has 38 heavy (non-hydrogen) atoms. The number of carbonyl (C=O) groups is 1. The average Bonchev–Trinajstić information content (AvgIpc) is 3.50. The van der Waals surface area contributed by atoms with Crippen molar-refractivity contribution in [1.82, 2.24) is 19.9 Å². The van der Waals surface area contributed by atoms with Crippen LogP contribution in [0, 0.1) is 11.6 Å². The molecule has 0 spiro atoms. The van der Waals surface area contributed by atoms with E-state index in [1.807, 2.05) is 4.90 Å². The predicted octanol–water partition coefficient (Wildman–Crippen LogP) is 4.95. The second-order valence-electron chi connectivity index (χ2n) is 9.93. The SMILES string of the molecule is C=CC(=O)N1C[C@@H]2C[C@H]1CN2c1nc2c(Nc3ccc(OCC4(F)CCC4)c(Cl)c3F)ncnc2cc1F. The summed E-state index contributed by atoms with van der Waals surface area (Å²) < 4.78 is 50.0. The maximum absolute atomic E-state index is 15.1. The van der Waals surface area contributed by atoms with Gasteiger partial charge in [-0.25, -0.2) is 28.1 Å². The number of piperazine rings is 1. The summed E-state index contributed by atoms with van der Waals surface area (Å²) in [6.07, 6.45) is 4.82. The molecule has 2 aliphatic heterocycles. The molecule has 1 aromatic carbocycles. The van der Waals surface area contributed by atoms with E-state index in [2.05, 4.69) is 26.8 Å². The number of nitrogens with zero attached hydrogens (tertiary/aromatic N) is 5. The number of fused-ring (bicyclic) bond motifs is 3. The molecule has 3 fully saturated rings. The van der Waals surface area contributed by atoms with Gasteiger partial charge < -0.3 is 19.9 Å². The highest BCUT2D eigenvalue weighted by Gasteiger charge is 2.46. The Labute approximate surface area is 221 Å². The minimum atomic E-state index is -1.40. The fourth-order valence-electron chi connectivity index (χ4n) is 5.34. The van der Waals surface area contributed by atoms with E-state index in [0.29, 0.717) is 32.4 Å². The highest BCUT2D eigenvalue weighted by atomic mass is 35.5. The Balaban J connectivity index is 1.26. The van der Waals surface area contributed by atoms with Crippen molar-refractivity contribution < 1.29 is 22.7 Å². The van der Waals surface area contributed by atoms with Gasteiger partial charge in [0.05, 0.1) is 23.3 Å². The standard InChI is InChI=1S/C26H24ClF3N6O2/c1-2-20(37)35-10-15-8-14(35)11-36(15)25-16(28)9-18-23(34-25)24(32-13-31-18)33-17-4-5-19(21(27)22(17)29)38-12-26(30)6-3-7-26/h2,4-5,9,13-15H,1,3,6-8,10-12H2,(H,31,32,33)/t14-,15-/m0/s1. The summed E-state index contributed by atoms with van der Waals surface area (Å²) in [4.78, 5) is 28.5. The second kappa shape index (κ2) is 9.30. The van der Waals surface area contributed by atoms with Gasteiger partial charge in [-0.05, 0) is 43.9 Å². The Morgan fingerprint density at radius 3 is 2.76 bits per heavy atom. The maximum Gasteiger partial charge on any atom is 0.246 e. The molecule has 1 N–H and O–H groups in total.